The summed E-state index contributed by atoms with van der Waals surface area (Å²) >= 11 is 0. The minimum atomic E-state index is -0.861. The quantitative estimate of drug-likeness (QED) is 0.772. The van der Waals surface area contributed by atoms with E-state index in [2.05, 4.69) is 5.01 Å². The van der Waals surface area contributed by atoms with E-state index < -0.39 is 5.97 Å². The van der Waals surface area contributed by atoms with Crippen LogP contribution in [0.1, 0.15) is 29.8 Å². The molecule has 2 rings (SSSR count). The number of aromatic nitrogens is 1. The molecule has 0 bridgehead atoms. The van der Waals surface area contributed by atoms with Crippen LogP contribution in [0.15, 0.2) is 18.3 Å². The van der Waals surface area contributed by atoms with Crippen molar-refractivity contribution in [2.45, 2.75) is 19.3 Å². The molecule has 4 nitrogen and oxygen atoms in total. The standard InChI is InChI=1S/C10H14N2O2/c13-10(14)9-5-4-8-12(9)11-6-2-1-3-7-11/h4-5,8H,1-3,6-7H2,(H,13,14). The fourth-order valence-corrected chi connectivity index (χ4v) is 1.88. The van der Waals surface area contributed by atoms with Gasteiger partial charge < -0.3 is 10.1 Å². The molecule has 1 aliphatic rings. The summed E-state index contributed by atoms with van der Waals surface area (Å²) in [6.45, 7) is 1.91. The van der Waals surface area contributed by atoms with Crippen molar-refractivity contribution >= 4 is 5.97 Å². The van der Waals surface area contributed by atoms with Crippen LogP contribution in [0.2, 0.25) is 0 Å². The number of nitrogens with zero attached hydrogens (tertiary/aromatic N) is 2. The summed E-state index contributed by atoms with van der Waals surface area (Å²) in [5, 5.41) is 11.0. The van der Waals surface area contributed by atoms with E-state index in [0.717, 1.165) is 25.9 Å². The number of carboxylic acid groups (broad SMARTS) is 1. The van der Waals surface area contributed by atoms with Crippen LogP contribution >= 0.6 is 0 Å². The minimum absolute atomic E-state index is 0.354. The number of carboxylic acids is 1. The van der Waals surface area contributed by atoms with E-state index in [0.29, 0.717) is 5.69 Å². The molecule has 0 amide bonds. The van der Waals surface area contributed by atoms with Crippen molar-refractivity contribution in [2.75, 3.05) is 18.1 Å². The Kier molecular flexibility index (Phi) is 2.43. The van der Waals surface area contributed by atoms with E-state index in [1.54, 1.807) is 16.8 Å². The Morgan fingerprint density at radius 3 is 2.64 bits per heavy atom. The van der Waals surface area contributed by atoms with Gasteiger partial charge >= 0.3 is 5.97 Å². The molecule has 2 heterocycles. The predicted molar refractivity (Wildman–Crippen MR) is 53.2 cm³/mol. The molecule has 0 aromatic carbocycles. The van der Waals surface area contributed by atoms with E-state index in [1.807, 2.05) is 6.20 Å². The van der Waals surface area contributed by atoms with Gasteiger partial charge in [-0.2, -0.15) is 0 Å². The van der Waals surface area contributed by atoms with Crippen LogP contribution in [-0.4, -0.2) is 28.8 Å². The molecule has 1 aromatic rings. The highest BCUT2D eigenvalue weighted by Gasteiger charge is 2.15. The highest BCUT2D eigenvalue weighted by molar-refractivity contribution is 5.85. The predicted octanol–water partition coefficient (Wildman–Crippen LogP) is 1.31. The summed E-state index contributed by atoms with van der Waals surface area (Å²) < 4.78 is 1.75. The van der Waals surface area contributed by atoms with Crippen molar-refractivity contribution in [3.8, 4) is 0 Å². The van der Waals surface area contributed by atoms with Gasteiger partial charge in [-0.05, 0) is 31.4 Å². The summed E-state index contributed by atoms with van der Waals surface area (Å²) in [5.41, 5.74) is 0.354. The topological polar surface area (TPSA) is 45.5 Å². The molecule has 1 N–H and O–H groups in total. The average molecular weight is 194 g/mol. The highest BCUT2D eigenvalue weighted by atomic mass is 16.4. The highest BCUT2D eigenvalue weighted by Crippen LogP contribution is 2.11. The van der Waals surface area contributed by atoms with E-state index in [-0.39, 0.29) is 0 Å². The second-order valence-corrected chi connectivity index (χ2v) is 3.56. The lowest BCUT2D eigenvalue weighted by Gasteiger charge is -2.30. The summed E-state index contributed by atoms with van der Waals surface area (Å²) in [5.74, 6) is -0.861. The monoisotopic (exact) mass is 194 g/mol. The zero-order valence-electron chi connectivity index (χ0n) is 8.02. The fourth-order valence-electron chi connectivity index (χ4n) is 1.88. The Bertz CT molecular complexity index is 327. The van der Waals surface area contributed by atoms with E-state index >= 15 is 0 Å². The summed E-state index contributed by atoms with van der Waals surface area (Å²) in [6.07, 6.45) is 5.36. The normalized spacial score (nSPS) is 17.0. The van der Waals surface area contributed by atoms with Gasteiger partial charge in [0.2, 0.25) is 0 Å². The molecule has 1 saturated heterocycles. The van der Waals surface area contributed by atoms with Gasteiger partial charge in [0.1, 0.15) is 5.69 Å². The molecular weight excluding hydrogens is 180 g/mol. The Labute approximate surface area is 82.7 Å². The summed E-state index contributed by atoms with van der Waals surface area (Å²) in [7, 11) is 0. The van der Waals surface area contributed by atoms with Crippen LogP contribution < -0.4 is 5.01 Å². The molecular formula is C10H14N2O2. The second kappa shape index (κ2) is 3.74. The molecule has 76 valence electrons. The van der Waals surface area contributed by atoms with Crippen LogP contribution in [0, 0.1) is 0 Å². The van der Waals surface area contributed by atoms with Crippen molar-refractivity contribution in [1.29, 1.82) is 0 Å². The Morgan fingerprint density at radius 1 is 1.29 bits per heavy atom. The fraction of sp³-hybridized carbons (Fsp3) is 0.500. The molecule has 0 aliphatic carbocycles. The zero-order chi connectivity index (χ0) is 9.97. The zero-order valence-corrected chi connectivity index (χ0v) is 8.02. The van der Waals surface area contributed by atoms with Crippen LogP contribution in [0.3, 0.4) is 0 Å². The minimum Gasteiger partial charge on any atom is -0.477 e. The van der Waals surface area contributed by atoms with Gasteiger partial charge in [0.05, 0.1) is 0 Å². The number of hydrogen-bond acceptors (Lipinski definition) is 2. The van der Waals surface area contributed by atoms with Crippen molar-refractivity contribution in [3.63, 3.8) is 0 Å². The van der Waals surface area contributed by atoms with E-state index in [9.17, 15) is 4.79 Å². The van der Waals surface area contributed by atoms with Crippen molar-refractivity contribution in [2.24, 2.45) is 0 Å². The van der Waals surface area contributed by atoms with Crippen LogP contribution in [0.4, 0.5) is 0 Å². The molecule has 0 atom stereocenters. The molecule has 0 spiro atoms. The van der Waals surface area contributed by atoms with E-state index in [1.165, 1.54) is 6.42 Å². The number of aromatic carboxylic acids is 1. The first-order chi connectivity index (χ1) is 6.79. The van der Waals surface area contributed by atoms with Crippen molar-refractivity contribution in [3.05, 3.63) is 24.0 Å². The van der Waals surface area contributed by atoms with Gasteiger partial charge in [0, 0.05) is 19.3 Å². The van der Waals surface area contributed by atoms with Gasteiger partial charge in [0.25, 0.3) is 0 Å². The van der Waals surface area contributed by atoms with Gasteiger partial charge in [-0.25, -0.2) is 4.79 Å². The molecule has 1 aromatic heterocycles. The third-order valence-corrected chi connectivity index (χ3v) is 2.58. The molecule has 4 heteroatoms. The van der Waals surface area contributed by atoms with Crippen molar-refractivity contribution < 1.29 is 9.90 Å². The third-order valence-electron chi connectivity index (χ3n) is 2.58. The summed E-state index contributed by atoms with van der Waals surface area (Å²) in [4.78, 5) is 10.9. The number of carbonyl (C=O) groups is 1. The molecule has 0 saturated carbocycles. The lowest BCUT2D eigenvalue weighted by Crippen LogP contribution is -2.40. The third kappa shape index (κ3) is 1.60. The van der Waals surface area contributed by atoms with Gasteiger partial charge in [0.15, 0.2) is 0 Å². The Balaban J connectivity index is 2.21. The largest absolute Gasteiger partial charge is 0.477 e. The first-order valence-corrected chi connectivity index (χ1v) is 4.95. The van der Waals surface area contributed by atoms with Crippen molar-refractivity contribution in [1.82, 2.24) is 4.68 Å². The molecule has 14 heavy (non-hydrogen) atoms. The van der Waals surface area contributed by atoms with Crippen LogP contribution in [0.25, 0.3) is 0 Å². The average Bonchev–Trinajstić information content (AvgIpc) is 2.67. The van der Waals surface area contributed by atoms with E-state index in [4.69, 9.17) is 5.11 Å². The molecule has 1 fully saturated rings. The molecule has 0 unspecified atom stereocenters. The first-order valence-electron chi connectivity index (χ1n) is 4.95. The SMILES string of the molecule is O=C(O)c1cccn1N1CCCCC1. The maximum absolute atomic E-state index is 10.9. The number of hydrogen-bond donors (Lipinski definition) is 1. The first kappa shape index (κ1) is 9.12. The molecule has 1 aliphatic heterocycles. The van der Waals surface area contributed by atoms with Gasteiger partial charge in [-0.15, -0.1) is 0 Å². The maximum Gasteiger partial charge on any atom is 0.354 e. The molecule has 0 radical (unpaired) electrons. The Hall–Kier alpha value is -1.45. The maximum atomic E-state index is 10.9. The smallest absolute Gasteiger partial charge is 0.354 e. The summed E-state index contributed by atoms with van der Waals surface area (Å²) in [6, 6.07) is 3.41. The Morgan fingerprint density at radius 2 is 2.00 bits per heavy atom. The lowest BCUT2D eigenvalue weighted by atomic mass is 10.2. The lowest BCUT2D eigenvalue weighted by molar-refractivity contribution is 0.0684. The van der Waals surface area contributed by atoms with Gasteiger partial charge in [-0.3, -0.25) is 4.68 Å². The van der Waals surface area contributed by atoms with Gasteiger partial charge in [-0.1, -0.05) is 0 Å². The van der Waals surface area contributed by atoms with Crippen LogP contribution in [0.5, 0.6) is 0 Å². The number of piperidine rings is 1. The van der Waals surface area contributed by atoms with Crippen LogP contribution in [-0.2, 0) is 0 Å². The second-order valence-electron chi connectivity index (χ2n) is 3.56. The number of rotatable bonds is 2.